The molecular formula is C60H38N4. The van der Waals surface area contributed by atoms with Crippen molar-refractivity contribution in [3.8, 4) is 78.9 Å². The highest BCUT2D eigenvalue weighted by molar-refractivity contribution is 6.14. The number of aromatic nitrogens is 4. The van der Waals surface area contributed by atoms with Crippen LogP contribution in [0.5, 0.6) is 0 Å². The first-order valence-corrected chi connectivity index (χ1v) is 21.6. The van der Waals surface area contributed by atoms with E-state index < -0.39 is 0 Å². The van der Waals surface area contributed by atoms with Crippen LogP contribution in [0, 0.1) is 0 Å². The summed E-state index contributed by atoms with van der Waals surface area (Å²) < 4.78 is 0. The Kier molecular flexibility index (Phi) is 9.12. The van der Waals surface area contributed by atoms with Gasteiger partial charge in [-0.3, -0.25) is 0 Å². The molecule has 0 fully saturated rings. The first-order valence-electron chi connectivity index (χ1n) is 21.6. The zero-order chi connectivity index (χ0) is 42.4. The lowest BCUT2D eigenvalue weighted by molar-refractivity contribution is 1.18. The summed E-state index contributed by atoms with van der Waals surface area (Å²) in [5.41, 5.74) is 11.9. The SMILES string of the molecule is c1ccc(-c2nc(-c3ccc(-c4ccc(-c5cc(-c6cc7ccccc7c7ccccc67)nc(-c6ccccc6)n5)cc4)cc3)cc(-c3cc4ccccc4c4ccccc34)n2)cc1. The quantitative estimate of drug-likeness (QED) is 0.150. The summed E-state index contributed by atoms with van der Waals surface area (Å²) in [5, 5.41) is 9.59. The van der Waals surface area contributed by atoms with Crippen molar-refractivity contribution in [3.05, 3.63) is 231 Å². The largest absolute Gasteiger partial charge is 0.228 e. The molecule has 0 radical (unpaired) electrons. The van der Waals surface area contributed by atoms with Gasteiger partial charge in [0, 0.05) is 33.4 Å². The molecule has 64 heavy (non-hydrogen) atoms. The first-order chi connectivity index (χ1) is 31.7. The predicted molar refractivity (Wildman–Crippen MR) is 266 cm³/mol. The summed E-state index contributed by atoms with van der Waals surface area (Å²) in [4.78, 5) is 20.7. The summed E-state index contributed by atoms with van der Waals surface area (Å²) in [6.45, 7) is 0. The molecule has 0 N–H and O–H groups in total. The Hall–Kier alpha value is -8.60. The average Bonchev–Trinajstić information content (AvgIpc) is 3.38. The lowest BCUT2D eigenvalue weighted by Crippen LogP contribution is -1.97. The molecule has 12 rings (SSSR count). The number of hydrogen-bond acceptors (Lipinski definition) is 4. The van der Waals surface area contributed by atoms with Gasteiger partial charge in [-0.2, -0.15) is 0 Å². The highest BCUT2D eigenvalue weighted by atomic mass is 14.9. The lowest BCUT2D eigenvalue weighted by atomic mass is 9.94. The second kappa shape index (κ2) is 15.7. The second-order valence-corrected chi connectivity index (χ2v) is 16.2. The smallest absolute Gasteiger partial charge is 0.160 e. The minimum absolute atomic E-state index is 0.696. The van der Waals surface area contributed by atoms with E-state index in [4.69, 9.17) is 19.9 Å². The molecule has 0 unspecified atom stereocenters. The van der Waals surface area contributed by atoms with E-state index in [1.807, 2.05) is 36.4 Å². The van der Waals surface area contributed by atoms with Crippen LogP contribution in [0.1, 0.15) is 0 Å². The third-order valence-corrected chi connectivity index (χ3v) is 12.3. The Bertz CT molecular complexity index is 3450. The monoisotopic (exact) mass is 814 g/mol. The van der Waals surface area contributed by atoms with Gasteiger partial charge in [0.1, 0.15) is 0 Å². The van der Waals surface area contributed by atoms with Crippen LogP contribution < -0.4 is 0 Å². The fraction of sp³-hybridized carbons (Fsp3) is 0. The minimum Gasteiger partial charge on any atom is -0.228 e. The highest BCUT2D eigenvalue weighted by Crippen LogP contribution is 2.39. The van der Waals surface area contributed by atoms with E-state index in [0.717, 1.165) is 67.3 Å². The summed E-state index contributed by atoms with van der Waals surface area (Å²) in [7, 11) is 0. The average molecular weight is 815 g/mol. The molecule has 0 saturated heterocycles. The second-order valence-electron chi connectivity index (χ2n) is 16.2. The van der Waals surface area contributed by atoms with Gasteiger partial charge in [0.2, 0.25) is 0 Å². The van der Waals surface area contributed by atoms with E-state index in [1.54, 1.807) is 0 Å². The zero-order valence-electron chi connectivity index (χ0n) is 34.7. The van der Waals surface area contributed by atoms with Crippen LogP contribution in [-0.4, -0.2) is 19.9 Å². The fourth-order valence-corrected chi connectivity index (χ4v) is 9.10. The minimum atomic E-state index is 0.696. The van der Waals surface area contributed by atoms with Gasteiger partial charge in [0.15, 0.2) is 11.6 Å². The van der Waals surface area contributed by atoms with Crippen LogP contribution in [0.15, 0.2) is 231 Å². The van der Waals surface area contributed by atoms with Crippen molar-refractivity contribution in [1.29, 1.82) is 0 Å². The molecule has 0 aliphatic heterocycles. The predicted octanol–water partition coefficient (Wildman–Crippen LogP) is 15.5. The molecule has 0 aliphatic carbocycles. The van der Waals surface area contributed by atoms with Gasteiger partial charge in [-0.05, 0) is 78.5 Å². The third kappa shape index (κ3) is 6.75. The molecule has 0 bridgehead atoms. The molecule has 0 spiro atoms. The van der Waals surface area contributed by atoms with Crippen molar-refractivity contribution < 1.29 is 0 Å². The van der Waals surface area contributed by atoms with Crippen LogP contribution >= 0.6 is 0 Å². The third-order valence-electron chi connectivity index (χ3n) is 12.3. The van der Waals surface area contributed by atoms with Gasteiger partial charge in [-0.25, -0.2) is 19.9 Å². The van der Waals surface area contributed by atoms with Gasteiger partial charge in [0.25, 0.3) is 0 Å². The molecule has 12 aromatic rings. The van der Waals surface area contributed by atoms with Crippen molar-refractivity contribution >= 4 is 43.1 Å². The summed E-state index contributed by atoms with van der Waals surface area (Å²) >= 11 is 0. The van der Waals surface area contributed by atoms with E-state index in [-0.39, 0.29) is 0 Å². The zero-order valence-corrected chi connectivity index (χ0v) is 34.7. The topological polar surface area (TPSA) is 51.6 Å². The summed E-state index contributed by atoms with van der Waals surface area (Å²) in [6, 6.07) is 81.0. The molecule has 0 atom stereocenters. The number of benzene rings is 10. The Labute approximate surface area is 370 Å². The maximum absolute atomic E-state index is 5.20. The van der Waals surface area contributed by atoms with Crippen LogP contribution in [-0.2, 0) is 0 Å². The molecule has 0 amide bonds. The van der Waals surface area contributed by atoms with Crippen molar-refractivity contribution in [2.24, 2.45) is 0 Å². The highest BCUT2D eigenvalue weighted by Gasteiger charge is 2.17. The van der Waals surface area contributed by atoms with E-state index in [0.29, 0.717) is 11.6 Å². The molecule has 298 valence electrons. The number of fused-ring (bicyclic) bond motifs is 6. The van der Waals surface area contributed by atoms with Gasteiger partial charge < -0.3 is 0 Å². The molecule has 4 nitrogen and oxygen atoms in total. The van der Waals surface area contributed by atoms with Crippen LogP contribution in [0.2, 0.25) is 0 Å². The van der Waals surface area contributed by atoms with Crippen LogP contribution in [0.4, 0.5) is 0 Å². The van der Waals surface area contributed by atoms with Crippen molar-refractivity contribution in [2.75, 3.05) is 0 Å². The number of rotatable bonds is 7. The standard InChI is InChI=1S/C60H38N4/c1-3-15-43(16-4-1)59-61-55(37-57(63-59)53-35-45-19-7-9-21-47(45)49-23-11-13-25-51(49)53)41-31-27-39(28-32-41)40-29-33-42(34-30-40)56-38-58(64-60(62-56)44-17-5-2-6-18-44)54-36-46-20-8-10-22-48(46)50-24-12-14-26-52(50)54/h1-38H. The fourth-order valence-electron chi connectivity index (χ4n) is 9.10. The van der Waals surface area contributed by atoms with E-state index in [9.17, 15) is 0 Å². The number of hydrogen-bond donors (Lipinski definition) is 0. The van der Waals surface area contributed by atoms with Crippen molar-refractivity contribution in [3.63, 3.8) is 0 Å². The Balaban J connectivity index is 0.916. The number of nitrogens with zero attached hydrogens (tertiary/aromatic N) is 4. The Morgan fingerprint density at radius 3 is 0.922 bits per heavy atom. The molecule has 2 heterocycles. The van der Waals surface area contributed by atoms with E-state index >= 15 is 0 Å². The molecule has 0 saturated carbocycles. The van der Waals surface area contributed by atoms with Gasteiger partial charge in [-0.15, -0.1) is 0 Å². The van der Waals surface area contributed by atoms with Crippen molar-refractivity contribution in [2.45, 2.75) is 0 Å². The van der Waals surface area contributed by atoms with Gasteiger partial charge in [-0.1, -0.05) is 206 Å². The molecule has 0 aliphatic rings. The van der Waals surface area contributed by atoms with Crippen LogP contribution in [0.25, 0.3) is 122 Å². The normalized spacial score (nSPS) is 11.4. The summed E-state index contributed by atoms with van der Waals surface area (Å²) in [6.07, 6.45) is 0. The maximum Gasteiger partial charge on any atom is 0.160 e. The van der Waals surface area contributed by atoms with Crippen LogP contribution in [0.3, 0.4) is 0 Å². The molecule has 4 heteroatoms. The van der Waals surface area contributed by atoms with E-state index in [1.165, 1.54) is 43.1 Å². The van der Waals surface area contributed by atoms with E-state index in [2.05, 4.69) is 194 Å². The summed E-state index contributed by atoms with van der Waals surface area (Å²) in [5.74, 6) is 1.39. The van der Waals surface area contributed by atoms with Crippen molar-refractivity contribution in [1.82, 2.24) is 19.9 Å². The maximum atomic E-state index is 5.20. The Morgan fingerprint density at radius 2 is 0.516 bits per heavy atom. The van der Waals surface area contributed by atoms with Gasteiger partial charge in [0.05, 0.1) is 22.8 Å². The molecular weight excluding hydrogens is 777 g/mol. The molecule has 2 aromatic heterocycles. The first kappa shape index (κ1) is 37.2. The Morgan fingerprint density at radius 1 is 0.203 bits per heavy atom. The molecule has 10 aromatic carbocycles. The van der Waals surface area contributed by atoms with Gasteiger partial charge >= 0.3 is 0 Å². The lowest BCUT2D eigenvalue weighted by Gasteiger charge is -2.14.